The molecule has 0 radical (unpaired) electrons. The van der Waals surface area contributed by atoms with Crippen LogP contribution in [0.5, 0.6) is 0 Å². The predicted octanol–water partition coefficient (Wildman–Crippen LogP) is 0.288. The molecule has 0 aromatic carbocycles. The first-order valence-corrected chi connectivity index (χ1v) is 6.58. The third-order valence-electron chi connectivity index (χ3n) is 3.00. The Hall–Kier alpha value is -0.690. The van der Waals surface area contributed by atoms with Gasteiger partial charge in [0, 0.05) is 18.4 Å². The fraction of sp³-hybridized carbons (Fsp3) is 0.923. The van der Waals surface area contributed by atoms with E-state index in [1.807, 2.05) is 0 Å². The van der Waals surface area contributed by atoms with Gasteiger partial charge in [0.25, 0.3) is 0 Å². The Labute approximate surface area is 114 Å². The number of carbonyl (C=O) groups is 1. The van der Waals surface area contributed by atoms with Gasteiger partial charge in [0.15, 0.2) is 6.29 Å². The van der Waals surface area contributed by atoms with E-state index >= 15 is 0 Å². The zero-order valence-corrected chi connectivity index (χ0v) is 12.1. The third-order valence-corrected chi connectivity index (χ3v) is 3.00. The van der Waals surface area contributed by atoms with Crippen LogP contribution in [0.15, 0.2) is 0 Å². The summed E-state index contributed by atoms with van der Waals surface area (Å²) in [6, 6.07) is -0.718. The number of aliphatic hydroxyl groups is 1. The van der Waals surface area contributed by atoms with Crippen LogP contribution in [0, 0.1) is 5.41 Å². The van der Waals surface area contributed by atoms with Crippen LogP contribution in [-0.2, 0) is 19.0 Å². The molecule has 1 fully saturated rings. The first-order valence-electron chi connectivity index (χ1n) is 6.58. The maximum atomic E-state index is 11.4. The van der Waals surface area contributed by atoms with Gasteiger partial charge in [0.05, 0.1) is 26.4 Å². The highest BCUT2D eigenvalue weighted by Gasteiger charge is 2.29. The van der Waals surface area contributed by atoms with E-state index in [9.17, 15) is 9.90 Å². The van der Waals surface area contributed by atoms with Gasteiger partial charge in [-0.3, -0.25) is 4.79 Å². The molecular formula is C13H25NO5. The lowest BCUT2D eigenvalue weighted by molar-refractivity contribution is -0.223. The summed E-state index contributed by atoms with van der Waals surface area (Å²) in [5, 5.41) is 12.4. The van der Waals surface area contributed by atoms with Gasteiger partial charge in [0.2, 0.25) is 0 Å². The molecule has 112 valence electrons. The highest BCUT2D eigenvalue weighted by molar-refractivity contribution is 5.76. The lowest BCUT2D eigenvalue weighted by Crippen LogP contribution is -2.47. The van der Waals surface area contributed by atoms with Crippen molar-refractivity contribution in [2.45, 2.75) is 45.6 Å². The minimum absolute atomic E-state index is 0.0537. The van der Waals surface area contributed by atoms with Crippen molar-refractivity contribution >= 4 is 5.97 Å². The Kier molecular flexibility index (Phi) is 6.19. The van der Waals surface area contributed by atoms with Crippen LogP contribution >= 0.6 is 0 Å². The molecule has 1 heterocycles. The lowest BCUT2D eigenvalue weighted by Gasteiger charge is -2.34. The SMILES string of the molecule is COC(=O)C(NCCC1OCC(C)(C)CO1)C(C)O. The number of esters is 1. The van der Waals surface area contributed by atoms with Crippen molar-refractivity contribution in [1.29, 1.82) is 0 Å². The summed E-state index contributed by atoms with van der Waals surface area (Å²) in [7, 11) is 1.30. The number of hydrogen-bond acceptors (Lipinski definition) is 6. The molecule has 1 aliphatic heterocycles. The second kappa shape index (κ2) is 7.19. The van der Waals surface area contributed by atoms with Gasteiger partial charge in [-0.25, -0.2) is 0 Å². The molecular weight excluding hydrogens is 250 g/mol. The van der Waals surface area contributed by atoms with Crippen LogP contribution in [0.4, 0.5) is 0 Å². The van der Waals surface area contributed by atoms with E-state index in [-0.39, 0.29) is 11.7 Å². The van der Waals surface area contributed by atoms with Crippen LogP contribution in [-0.4, -0.2) is 56.4 Å². The molecule has 0 aliphatic carbocycles. The minimum Gasteiger partial charge on any atom is -0.468 e. The Balaban J connectivity index is 2.27. The molecule has 0 bridgehead atoms. The summed E-state index contributed by atoms with van der Waals surface area (Å²) >= 11 is 0. The Morgan fingerprint density at radius 3 is 2.53 bits per heavy atom. The molecule has 2 N–H and O–H groups in total. The number of nitrogens with one attached hydrogen (secondary N) is 1. The molecule has 1 aliphatic rings. The van der Waals surface area contributed by atoms with E-state index in [2.05, 4.69) is 23.9 Å². The number of rotatable bonds is 6. The second-order valence-electron chi connectivity index (χ2n) is 5.70. The highest BCUT2D eigenvalue weighted by Crippen LogP contribution is 2.23. The molecule has 2 unspecified atom stereocenters. The molecule has 0 saturated carbocycles. The zero-order valence-electron chi connectivity index (χ0n) is 12.1. The quantitative estimate of drug-likeness (QED) is 0.678. The van der Waals surface area contributed by atoms with Crippen molar-refractivity contribution in [3.05, 3.63) is 0 Å². The molecule has 6 nitrogen and oxygen atoms in total. The number of carbonyl (C=O) groups excluding carboxylic acids is 1. The summed E-state index contributed by atoms with van der Waals surface area (Å²) in [6.07, 6.45) is -0.441. The van der Waals surface area contributed by atoms with Crippen LogP contribution < -0.4 is 5.32 Å². The van der Waals surface area contributed by atoms with Gasteiger partial charge >= 0.3 is 5.97 Å². The summed E-state index contributed by atoms with van der Waals surface area (Å²) in [5.41, 5.74) is 0.0537. The first-order chi connectivity index (χ1) is 8.85. The van der Waals surface area contributed by atoms with Crippen LogP contribution in [0.25, 0.3) is 0 Å². The maximum Gasteiger partial charge on any atom is 0.325 e. The zero-order chi connectivity index (χ0) is 14.5. The van der Waals surface area contributed by atoms with Gasteiger partial charge in [-0.2, -0.15) is 0 Å². The fourth-order valence-electron chi connectivity index (χ4n) is 1.83. The molecule has 19 heavy (non-hydrogen) atoms. The summed E-state index contributed by atoms with van der Waals surface area (Å²) in [5.74, 6) is -0.471. The Morgan fingerprint density at radius 1 is 1.47 bits per heavy atom. The molecule has 6 heteroatoms. The van der Waals surface area contributed by atoms with E-state index in [1.165, 1.54) is 7.11 Å². The maximum absolute atomic E-state index is 11.4. The van der Waals surface area contributed by atoms with Crippen molar-refractivity contribution in [3.63, 3.8) is 0 Å². The molecule has 0 amide bonds. The van der Waals surface area contributed by atoms with Crippen molar-refractivity contribution in [1.82, 2.24) is 5.32 Å². The first kappa shape index (κ1) is 16.4. The standard InChI is InChI=1S/C13H25NO5/c1-9(15)11(12(16)17-4)14-6-5-10-18-7-13(2,3)8-19-10/h9-11,14-15H,5-8H2,1-4H3. The smallest absolute Gasteiger partial charge is 0.325 e. The largest absolute Gasteiger partial charge is 0.468 e. The van der Waals surface area contributed by atoms with Gasteiger partial charge in [-0.05, 0) is 6.92 Å². The number of aliphatic hydroxyl groups excluding tert-OH is 1. The second-order valence-corrected chi connectivity index (χ2v) is 5.70. The van der Waals surface area contributed by atoms with Gasteiger partial charge in [-0.1, -0.05) is 13.8 Å². The topological polar surface area (TPSA) is 77.0 Å². The molecule has 0 aromatic rings. The lowest BCUT2D eigenvalue weighted by atomic mass is 9.95. The van der Waals surface area contributed by atoms with Crippen LogP contribution in [0.2, 0.25) is 0 Å². The van der Waals surface area contributed by atoms with Crippen molar-refractivity contribution in [2.75, 3.05) is 26.9 Å². The fourth-order valence-corrected chi connectivity index (χ4v) is 1.83. The molecule has 0 spiro atoms. The van der Waals surface area contributed by atoms with Crippen LogP contribution in [0.3, 0.4) is 0 Å². The van der Waals surface area contributed by atoms with E-state index < -0.39 is 18.1 Å². The van der Waals surface area contributed by atoms with Gasteiger partial charge in [0.1, 0.15) is 6.04 Å². The third kappa shape index (κ3) is 5.44. The Morgan fingerprint density at radius 2 is 2.05 bits per heavy atom. The molecule has 1 saturated heterocycles. The van der Waals surface area contributed by atoms with Gasteiger partial charge in [-0.15, -0.1) is 0 Å². The predicted molar refractivity (Wildman–Crippen MR) is 69.6 cm³/mol. The summed E-state index contributed by atoms with van der Waals surface area (Å²) < 4.78 is 15.8. The molecule has 1 rings (SSSR count). The van der Waals surface area contributed by atoms with Crippen molar-refractivity contribution in [3.8, 4) is 0 Å². The summed E-state index contributed by atoms with van der Waals surface area (Å²) in [6.45, 7) is 7.55. The van der Waals surface area contributed by atoms with Crippen molar-refractivity contribution < 1.29 is 24.1 Å². The molecule has 0 aromatic heterocycles. The Bertz CT molecular complexity index is 283. The van der Waals surface area contributed by atoms with E-state index in [1.54, 1.807) is 6.92 Å². The van der Waals surface area contributed by atoms with Crippen LogP contribution in [0.1, 0.15) is 27.2 Å². The minimum atomic E-state index is -0.806. The normalized spacial score (nSPS) is 22.8. The monoisotopic (exact) mass is 275 g/mol. The number of hydrogen-bond donors (Lipinski definition) is 2. The van der Waals surface area contributed by atoms with Gasteiger partial charge < -0.3 is 24.6 Å². The van der Waals surface area contributed by atoms with E-state index in [0.29, 0.717) is 26.2 Å². The van der Waals surface area contributed by atoms with E-state index in [0.717, 1.165) is 0 Å². The average molecular weight is 275 g/mol. The summed E-state index contributed by atoms with van der Waals surface area (Å²) in [4.78, 5) is 11.4. The number of methoxy groups -OCH3 is 1. The highest BCUT2D eigenvalue weighted by atomic mass is 16.7. The van der Waals surface area contributed by atoms with E-state index in [4.69, 9.17) is 9.47 Å². The molecule has 2 atom stereocenters. The van der Waals surface area contributed by atoms with Crippen molar-refractivity contribution in [2.24, 2.45) is 5.41 Å². The average Bonchev–Trinajstić information content (AvgIpc) is 2.35. The number of ether oxygens (including phenoxy) is 3.